The zero-order valence-electron chi connectivity index (χ0n) is 11.8. The molecule has 0 aliphatic rings. The first-order valence-corrected chi connectivity index (χ1v) is 8.69. The highest BCUT2D eigenvalue weighted by Crippen LogP contribution is 2.32. The molecule has 0 fully saturated rings. The molecule has 2 aromatic heterocycles. The summed E-state index contributed by atoms with van der Waals surface area (Å²) in [5, 5.41) is 0.914. The Balaban J connectivity index is 2.30. The molecular formula is C14H13I2N5O. The van der Waals surface area contributed by atoms with Crippen LogP contribution in [-0.4, -0.2) is 33.2 Å². The summed E-state index contributed by atoms with van der Waals surface area (Å²) in [7, 11) is 1.68. The monoisotopic (exact) mass is 521 g/mol. The summed E-state index contributed by atoms with van der Waals surface area (Å²) in [4.78, 5) is 13.4. The molecule has 1 aromatic carbocycles. The molecule has 0 spiro atoms. The number of fused-ring (bicyclic) bond motifs is 1. The third-order valence-electron chi connectivity index (χ3n) is 3.26. The zero-order valence-corrected chi connectivity index (χ0v) is 16.1. The van der Waals surface area contributed by atoms with E-state index in [4.69, 9.17) is 10.5 Å². The van der Waals surface area contributed by atoms with Gasteiger partial charge in [0.05, 0.1) is 23.5 Å². The maximum Gasteiger partial charge on any atom is 0.235 e. The van der Waals surface area contributed by atoms with Crippen molar-refractivity contribution in [2.24, 2.45) is 0 Å². The second-order valence-electron chi connectivity index (χ2n) is 4.66. The van der Waals surface area contributed by atoms with Crippen molar-refractivity contribution in [2.45, 2.75) is 6.42 Å². The number of ether oxygens (including phenoxy) is 1. The van der Waals surface area contributed by atoms with Crippen LogP contribution in [0.5, 0.6) is 0 Å². The van der Waals surface area contributed by atoms with E-state index < -0.39 is 0 Å². The molecule has 0 atom stereocenters. The molecule has 0 saturated carbocycles. The van der Waals surface area contributed by atoms with E-state index in [0.717, 1.165) is 29.4 Å². The summed E-state index contributed by atoms with van der Waals surface area (Å²) in [6.07, 6.45) is 5.89. The fraction of sp³-hybridized carbons (Fsp3) is 0.214. The molecule has 22 heavy (non-hydrogen) atoms. The van der Waals surface area contributed by atoms with E-state index in [0.29, 0.717) is 19.0 Å². The first-order chi connectivity index (χ1) is 10.6. The highest BCUT2D eigenvalue weighted by atomic mass is 127. The molecule has 2 N–H and O–H groups in total. The Morgan fingerprint density at radius 3 is 2.77 bits per heavy atom. The molecule has 0 aliphatic heterocycles. The van der Waals surface area contributed by atoms with Gasteiger partial charge in [0.25, 0.3) is 0 Å². The van der Waals surface area contributed by atoms with Crippen molar-refractivity contribution in [1.29, 1.82) is 0 Å². The molecule has 2 heterocycles. The van der Waals surface area contributed by atoms with Gasteiger partial charge < -0.3 is 10.5 Å². The van der Waals surface area contributed by atoms with Crippen molar-refractivity contribution in [2.75, 3.05) is 19.5 Å². The van der Waals surface area contributed by atoms with Crippen LogP contribution in [0, 0.1) is 7.14 Å². The van der Waals surface area contributed by atoms with Crippen molar-refractivity contribution < 1.29 is 4.74 Å². The van der Waals surface area contributed by atoms with Crippen LogP contribution in [0.3, 0.4) is 0 Å². The molecular weight excluding hydrogens is 508 g/mol. The quantitative estimate of drug-likeness (QED) is 0.423. The van der Waals surface area contributed by atoms with Gasteiger partial charge in [-0.05, 0) is 51.2 Å². The van der Waals surface area contributed by atoms with E-state index in [2.05, 4.69) is 60.1 Å². The Kier molecular flexibility index (Phi) is 4.78. The van der Waals surface area contributed by atoms with Gasteiger partial charge in [-0.3, -0.25) is 4.57 Å². The number of nitrogen functional groups attached to an aromatic ring is 1. The topological polar surface area (TPSA) is 78.8 Å². The Morgan fingerprint density at radius 2 is 2.09 bits per heavy atom. The third-order valence-corrected chi connectivity index (χ3v) is 4.97. The number of rotatable bonds is 4. The number of nitrogens with two attached hydrogens (primary N) is 1. The van der Waals surface area contributed by atoms with Crippen LogP contribution in [0.25, 0.3) is 16.9 Å². The smallest absolute Gasteiger partial charge is 0.235 e. The predicted molar refractivity (Wildman–Crippen MR) is 102 cm³/mol. The maximum atomic E-state index is 6.28. The van der Waals surface area contributed by atoms with Gasteiger partial charge in [-0.1, -0.05) is 0 Å². The van der Waals surface area contributed by atoms with Gasteiger partial charge in [0.15, 0.2) is 0 Å². The molecule has 0 bridgehead atoms. The van der Waals surface area contributed by atoms with E-state index in [9.17, 15) is 0 Å². The van der Waals surface area contributed by atoms with Crippen molar-refractivity contribution in [3.63, 3.8) is 0 Å². The Morgan fingerprint density at radius 1 is 1.27 bits per heavy atom. The zero-order chi connectivity index (χ0) is 15.7. The van der Waals surface area contributed by atoms with E-state index in [1.165, 1.54) is 0 Å². The predicted octanol–water partition coefficient (Wildman–Crippen LogP) is 2.80. The first kappa shape index (κ1) is 15.9. The summed E-state index contributed by atoms with van der Waals surface area (Å²) in [5.74, 6) is 0.592. The van der Waals surface area contributed by atoms with Crippen molar-refractivity contribution in [1.82, 2.24) is 19.5 Å². The van der Waals surface area contributed by atoms with Crippen LogP contribution in [0.15, 0.2) is 24.8 Å². The number of methoxy groups -OCH3 is 1. The standard InChI is InChI=1S/C14H13I2N5O/c1-22-5-2-10-11-12(17)8(15)6-9(16)13(11)20-14(19-10)21-4-3-18-7-21/h3-4,6-7H,2,5,17H2,1H3. The SMILES string of the molecule is COCCc1nc(-n2ccnc2)nc2c(I)cc(I)c(N)c12. The number of hydrogen-bond donors (Lipinski definition) is 1. The number of nitrogens with zero attached hydrogens (tertiary/aromatic N) is 4. The number of halogens is 2. The molecule has 114 valence electrons. The van der Waals surface area contributed by atoms with Crippen molar-refractivity contribution >= 4 is 61.8 Å². The molecule has 0 radical (unpaired) electrons. The first-order valence-electron chi connectivity index (χ1n) is 6.53. The van der Waals surface area contributed by atoms with Crippen LogP contribution >= 0.6 is 45.2 Å². The second kappa shape index (κ2) is 6.62. The average Bonchev–Trinajstić information content (AvgIpc) is 3.04. The normalized spacial score (nSPS) is 11.2. The average molecular weight is 521 g/mol. The lowest BCUT2D eigenvalue weighted by molar-refractivity contribution is 0.201. The van der Waals surface area contributed by atoms with Gasteiger partial charge in [0.2, 0.25) is 5.95 Å². The number of imidazole rings is 1. The second-order valence-corrected chi connectivity index (χ2v) is 6.98. The Labute approximate surface area is 154 Å². The molecule has 0 unspecified atom stereocenters. The van der Waals surface area contributed by atoms with Crippen molar-refractivity contribution in [3.05, 3.63) is 37.6 Å². The van der Waals surface area contributed by atoms with Gasteiger partial charge in [0.1, 0.15) is 6.33 Å². The fourth-order valence-electron chi connectivity index (χ4n) is 2.20. The summed E-state index contributed by atoms with van der Waals surface area (Å²) in [5.41, 5.74) is 8.76. The Bertz CT molecular complexity index is 820. The van der Waals surface area contributed by atoms with E-state index >= 15 is 0 Å². The maximum absolute atomic E-state index is 6.28. The highest BCUT2D eigenvalue weighted by Gasteiger charge is 2.16. The van der Waals surface area contributed by atoms with Crippen LogP contribution in [0.2, 0.25) is 0 Å². The molecule has 0 aliphatic carbocycles. The van der Waals surface area contributed by atoms with E-state index in [1.54, 1.807) is 24.2 Å². The van der Waals surface area contributed by atoms with Gasteiger partial charge in [-0.15, -0.1) is 0 Å². The Hall–Kier alpha value is -1.01. The molecule has 6 nitrogen and oxygen atoms in total. The van der Waals surface area contributed by atoms with E-state index in [1.807, 2.05) is 12.3 Å². The molecule has 0 amide bonds. The molecule has 3 rings (SSSR count). The summed E-state index contributed by atoms with van der Waals surface area (Å²) >= 11 is 4.52. The summed E-state index contributed by atoms with van der Waals surface area (Å²) in [6, 6.07) is 2.03. The lowest BCUT2D eigenvalue weighted by Crippen LogP contribution is -2.08. The van der Waals surface area contributed by atoms with Crippen LogP contribution in [-0.2, 0) is 11.2 Å². The molecule has 3 aromatic rings. The highest BCUT2D eigenvalue weighted by molar-refractivity contribution is 14.1. The van der Waals surface area contributed by atoms with Crippen molar-refractivity contribution in [3.8, 4) is 5.95 Å². The van der Waals surface area contributed by atoms with E-state index in [-0.39, 0.29) is 0 Å². The number of aromatic nitrogens is 4. The molecule has 8 heteroatoms. The van der Waals surface area contributed by atoms with Crippen LogP contribution in [0.4, 0.5) is 5.69 Å². The summed E-state index contributed by atoms with van der Waals surface area (Å²) < 4.78 is 9.05. The minimum Gasteiger partial charge on any atom is -0.397 e. The largest absolute Gasteiger partial charge is 0.397 e. The van der Waals surface area contributed by atoms with Gasteiger partial charge in [-0.25, -0.2) is 15.0 Å². The van der Waals surface area contributed by atoms with Crippen LogP contribution in [0.1, 0.15) is 5.69 Å². The van der Waals surface area contributed by atoms with Gasteiger partial charge in [0, 0.05) is 38.5 Å². The number of hydrogen-bond acceptors (Lipinski definition) is 5. The van der Waals surface area contributed by atoms with Gasteiger partial charge in [-0.2, -0.15) is 0 Å². The number of benzene rings is 1. The minimum atomic E-state index is 0.580. The lowest BCUT2D eigenvalue weighted by Gasteiger charge is -2.13. The number of anilines is 1. The minimum absolute atomic E-state index is 0.580. The van der Waals surface area contributed by atoms with Gasteiger partial charge >= 0.3 is 0 Å². The summed E-state index contributed by atoms with van der Waals surface area (Å²) in [6.45, 7) is 0.580. The lowest BCUT2D eigenvalue weighted by atomic mass is 10.1. The fourth-order valence-corrected chi connectivity index (χ4v) is 4.08. The third kappa shape index (κ3) is 2.91. The van der Waals surface area contributed by atoms with Crippen LogP contribution < -0.4 is 5.73 Å². The molecule has 0 saturated heterocycles.